The van der Waals surface area contributed by atoms with Crippen molar-refractivity contribution < 1.29 is 24.2 Å². The highest BCUT2D eigenvalue weighted by Gasteiger charge is 2.68. The molecule has 0 aliphatic carbocycles. The van der Waals surface area contributed by atoms with Gasteiger partial charge in [0.1, 0.15) is 11.3 Å². The molecule has 0 radical (unpaired) electrons. The Morgan fingerprint density at radius 2 is 1.78 bits per heavy atom. The average Bonchev–Trinajstić information content (AvgIpc) is 3.22. The number of nitrogens with one attached hydrogen (secondary N) is 1. The number of rotatable bonds is 6. The van der Waals surface area contributed by atoms with Gasteiger partial charge in [-0.3, -0.25) is 19.7 Å². The zero-order chi connectivity index (χ0) is 23.2. The van der Waals surface area contributed by atoms with Crippen LogP contribution in [-0.4, -0.2) is 35.5 Å². The van der Waals surface area contributed by atoms with E-state index < -0.39 is 41.2 Å². The average molecular weight is 437 g/mol. The van der Waals surface area contributed by atoms with E-state index in [9.17, 15) is 19.5 Å². The standard InChI is InChI=1S/C25H28N2O5/c1-14(2)13-25(24(30)31)20-19(21(26-25)16-11-9-15(3)10-12-16)22(28)27(23(20)29)17-7-5-6-8-18(17)32-4/h5-12,14,19-21,26H,13H2,1-4H3,(H,30,31)/t19-,20+,21-,25-/m0/s1. The van der Waals surface area contributed by atoms with Crippen LogP contribution in [-0.2, 0) is 14.4 Å². The summed E-state index contributed by atoms with van der Waals surface area (Å²) in [4.78, 5) is 41.3. The number of nitrogens with zero attached hydrogens (tertiary/aromatic N) is 1. The van der Waals surface area contributed by atoms with Crippen LogP contribution in [0.3, 0.4) is 0 Å². The summed E-state index contributed by atoms with van der Waals surface area (Å²) in [6.07, 6.45) is 0.227. The minimum absolute atomic E-state index is 0.000712. The zero-order valence-electron chi connectivity index (χ0n) is 18.7. The Balaban J connectivity index is 1.88. The molecular weight excluding hydrogens is 408 g/mol. The lowest BCUT2D eigenvalue weighted by molar-refractivity contribution is -0.149. The summed E-state index contributed by atoms with van der Waals surface area (Å²) in [6.45, 7) is 5.79. The number of aryl methyl sites for hydroxylation is 1. The van der Waals surface area contributed by atoms with E-state index in [0.29, 0.717) is 11.4 Å². The molecule has 2 N–H and O–H groups in total. The van der Waals surface area contributed by atoms with Gasteiger partial charge in [-0.1, -0.05) is 55.8 Å². The summed E-state index contributed by atoms with van der Waals surface area (Å²) in [5.74, 6) is -3.49. The Hall–Kier alpha value is -3.19. The van der Waals surface area contributed by atoms with E-state index in [2.05, 4.69) is 5.32 Å². The van der Waals surface area contributed by atoms with Crippen LogP contribution in [0.5, 0.6) is 5.75 Å². The lowest BCUT2D eigenvalue weighted by atomic mass is 9.75. The molecular formula is C25H28N2O5. The summed E-state index contributed by atoms with van der Waals surface area (Å²) in [7, 11) is 1.47. The summed E-state index contributed by atoms with van der Waals surface area (Å²) in [6, 6.07) is 13.8. The predicted molar refractivity (Wildman–Crippen MR) is 119 cm³/mol. The number of fused-ring (bicyclic) bond motifs is 1. The van der Waals surface area contributed by atoms with Crippen molar-refractivity contribution in [1.82, 2.24) is 5.32 Å². The molecule has 32 heavy (non-hydrogen) atoms. The summed E-state index contributed by atoms with van der Waals surface area (Å²) in [5.41, 5.74) is 0.642. The molecule has 0 saturated carbocycles. The van der Waals surface area contributed by atoms with Gasteiger partial charge >= 0.3 is 5.97 Å². The van der Waals surface area contributed by atoms with Crippen molar-refractivity contribution in [2.45, 2.75) is 38.8 Å². The number of amides is 2. The van der Waals surface area contributed by atoms with Crippen molar-refractivity contribution in [3.8, 4) is 5.75 Å². The largest absolute Gasteiger partial charge is 0.495 e. The van der Waals surface area contributed by atoms with E-state index in [1.807, 2.05) is 45.0 Å². The minimum Gasteiger partial charge on any atom is -0.495 e. The number of carbonyl (C=O) groups is 3. The van der Waals surface area contributed by atoms with Crippen LogP contribution in [0.1, 0.15) is 37.4 Å². The van der Waals surface area contributed by atoms with Gasteiger partial charge in [-0.15, -0.1) is 0 Å². The SMILES string of the molecule is COc1ccccc1N1C(=O)[C@@H]2[C@H](c3ccc(C)cc3)N[C@](CC(C)C)(C(=O)O)[C@H]2C1=O. The van der Waals surface area contributed by atoms with Gasteiger partial charge in [-0.05, 0) is 37.0 Å². The number of imide groups is 1. The summed E-state index contributed by atoms with van der Waals surface area (Å²) < 4.78 is 5.39. The zero-order valence-corrected chi connectivity index (χ0v) is 18.7. The fraction of sp³-hybridized carbons (Fsp3) is 0.400. The third-order valence-corrected chi connectivity index (χ3v) is 6.53. The summed E-state index contributed by atoms with van der Waals surface area (Å²) in [5, 5.41) is 13.6. The van der Waals surface area contributed by atoms with E-state index in [-0.39, 0.29) is 12.3 Å². The second-order valence-electron chi connectivity index (χ2n) is 9.09. The number of methoxy groups -OCH3 is 1. The highest BCUT2D eigenvalue weighted by molar-refractivity contribution is 6.24. The maximum atomic E-state index is 13.7. The highest BCUT2D eigenvalue weighted by Crippen LogP contribution is 2.52. The van der Waals surface area contributed by atoms with Gasteiger partial charge in [0.25, 0.3) is 0 Å². The fourth-order valence-electron chi connectivity index (χ4n) is 5.23. The first-order valence-electron chi connectivity index (χ1n) is 10.8. The number of carboxylic acids is 1. The second kappa shape index (κ2) is 8.06. The fourth-order valence-corrected chi connectivity index (χ4v) is 5.23. The van der Waals surface area contributed by atoms with Crippen molar-refractivity contribution in [2.24, 2.45) is 17.8 Å². The van der Waals surface area contributed by atoms with Gasteiger partial charge in [-0.25, -0.2) is 4.90 Å². The van der Waals surface area contributed by atoms with Crippen molar-refractivity contribution >= 4 is 23.5 Å². The maximum Gasteiger partial charge on any atom is 0.324 e. The van der Waals surface area contributed by atoms with Gasteiger partial charge in [-0.2, -0.15) is 0 Å². The van der Waals surface area contributed by atoms with Crippen LogP contribution in [0, 0.1) is 24.7 Å². The molecule has 168 valence electrons. The number of anilines is 1. The number of benzene rings is 2. The summed E-state index contributed by atoms with van der Waals surface area (Å²) >= 11 is 0. The number of carbonyl (C=O) groups excluding carboxylic acids is 2. The molecule has 0 bridgehead atoms. The molecule has 7 nitrogen and oxygen atoms in total. The number of hydrogen-bond donors (Lipinski definition) is 2. The highest BCUT2D eigenvalue weighted by atomic mass is 16.5. The minimum atomic E-state index is -1.54. The molecule has 7 heteroatoms. The molecule has 4 rings (SSSR count). The molecule has 2 saturated heterocycles. The maximum absolute atomic E-state index is 13.7. The quantitative estimate of drug-likeness (QED) is 0.675. The van der Waals surface area contributed by atoms with Gasteiger partial charge in [0.05, 0.1) is 24.6 Å². The molecule has 2 heterocycles. The lowest BCUT2D eigenvalue weighted by Crippen LogP contribution is -2.56. The van der Waals surface area contributed by atoms with E-state index in [4.69, 9.17) is 4.74 Å². The smallest absolute Gasteiger partial charge is 0.324 e. The molecule has 2 aromatic carbocycles. The molecule has 2 aromatic rings. The molecule has 4 atom stereocenters. The van der Waals surface area contributed by atoms with E-state index >= 15 is 0 Å². The van der Waals surface area contributed by atoms with E-state index in [0.717, 1.165) is 16.0 Å². The number of para-hydroxylation sites is 2. The molecule has 0 aromatic heterocycles. The molecule has 2 amide bonds. The third kappa shape index (κ3) is 3.28. The van der Waals surface area contributed by atoms with Crippen LogP contribution < -0.4 is 15.0 Å². The Bertz CT molecular complexity index is 1060. The normalized spacial score (nSPS) is 27.2. The topological polar surface area (TPSA) is 95.9 Å². The Labute approximate surface area is 187 Å². The molecule has 2 aliphatic rings. The molecule has 0 spiro atoms. The Kier molecular flexibility index (Phi) is 5.54. The van der Waals surface area contributed by atoms with Crippen LogP contribution >= 0.6 is 0 Å². The first-order chi connectivity index (χ1) is 15.2. The van der Waals surface area contributed by atoms with Crippen LogP contribution in [0.15, 0.2) is 48.5 Å². The number of ether oxygens (including phenoxy) is 1. The predicted octanol–water partition coefficient (Wildman–Crippen LogP) is 3.32. The number of carboxylic acid groups (broad SMARTS) is 1. The van der Waals surface area contributed by atoms with Gasteiger partial charge in [0.15, 0.2) is 0 Å². The number of aliphatic carboxylic acids is 1. The van der Waals surface area contributed by atoms with Crippen molar-refractivity contribution in [3.63, 3.8) is 0 Å². The van der Waals surface area contributed by atoms with Crippen molar-refractivity contribution in [3.05, 3.63) is 59.7 Å². The monoisotopic (exact) mass is 436 g/mol. The molecule has 0 unspecified atom stereocenters. The first kappa shape index (κ1) is 22.0. The van der Waals surface area contributed by atoms with Gasteiger partial charge in [0.2, 0.25) is 11.8 Å². The van der Waals surface area contributed by atoms with E-state index in [1.54, 1.807) is 24.3 Å². The van der Waals surface area contributed by atoms with Crippen molar-refractivity contribution in [2.75, 3.05) is 12.0 Å². The number of hydrogen-bond acceptors (Lipinski definition) is 5. The van der Waals surface area contributed by atoms with Crippen LogP contribution in [0.2, 0.25) is 0 Å². The Morgan fingerprint density at radius 3 is 2.38 bits per heavy atom. The Morgan fingerprint density at radius 1 is 1.12 bits per heavy atom. The van der Waals surface area contributed by atoms with Gasteiger partial charge in [0, 0.05) is 6.04 Å². The van der Waals surface area contributed by atoms with Crippen LogP contribution in [0.25, 0.3) is 0 Å². The lowest BCUT2D eigenvalue weighted by Gasteiger charge is -2.32. The van der Waals surface area contributed by atoms with Gasteiger partial charge < -0.3 is 9.84 Å². The third-order valence-electron chi connectivity index (χ3n) is 6.53. The van der Waals surface area contributed by atoms with Crippen LogP contribution in [0.4, 0.5) is 5.69 Å². The first-order valence-corrected chi connectivity index (χ1v) is 10.8. The molecule has 2 aliphatic heterocycles. The molecule has 2 fully saturated rings. The van der Waals surface area contributed by atoms with Crippen molar-refractivity contribution in [1.29, 1.82) is 0 Å². The van der Waals surface area contributed by atoms with E-state index in [1.165, 1.54) is 7.11 Å². The second-order valence-corrected chi connectivity index (χ2v) is 9.09.